The van der Waals surface area contributed by atoms with E-state index < -0.39 is 11.6 Å². The quantitative estimate of drug-likeness (QED) is 0.365. The number of esters is 1. The van der Waals surface area contributed by atoms with Gasteiger partial charge in [-0.3, -0.25) is 0 Å². The molecule has 0 saturated heterocycles. The highest BCUT2D eigenvalue weighted by atomic mass is 16.5. The molecular weight excluding hydrogens is 268 g/mol. The van der Waals surface area contributed by atoms with Gasteiger partial charge in [-0.05, 0) is 37.1 Å². The predicted octanol–water partition coefficient (Wildman–Crippen LogP) is 3.46. The normalized spacial score (nSPS) is 11.1. The number of benzene rings is 1. The lowest BCUT2D eigenvalue weighted by atomic mass is 10.1. The molecule has 0 radical (unpaired) electrons. The predicted molar refractivity (Wildman–Crippen MR) is 82.1 cm³/mol. The van der Waals surface area contributed by atoms with Crippen LogP contribution in [-0.2, 0) is 9.53 Å². The standard InChI is InChI=1S/C17H18O4/c1-3-4-9-20-16(18)8-7-14-11-13-6-5-12(2)10-15(13)21-17(14)19/h5-8,10-11H,3-4,9H2,1-2H3/b8-7+. The van der Waals surface area contributed by atoms with Crippen molar-refractivity contribution in [2.75, 3.05) is 6.61 Å². The van der Waals surface area contributed by atoms with Crippen molar-refractivity contribution in [3.63, 3.8) is 0 Å². The molecular formula is C17H18O4. The average molecular weight is 286 g/mol. The third kappa shape index (κ3) is 4.05. The second-order valence-corrected chi connectivity index (χ2v) is 4.88. The van der Waals surface area contributed by atoms with E-state index in [4.69, 9.17) is 9.15 Å². The van der Waals surface area contributed by atoms with Gasteiger partial charge in [0.25, 0.3) is 0 Å². The van der Waals surface area contributed by atoms with Crippen molar-refractivity contribution < 1.29 is 13.9 Å². The maximum absolute atomic E-state index is 11.8. The number of unbranched alkanes of at least 4 members (excludes halogenated alkanes) is 1. The van der Waals surface area contributed by atoms with Gasteiger partial charge in [0.2, 0.25) is 0 Å². The van der Waals surface area contributed by atoms with E-state index in [1.165, 1.54) is 12.2 Å². The summed E-state index contributed by atoms with van der Waals surface area (Å²) in [7, 11) is 0. The lowest BCUT2D eigenvalue weighted by Crippen LogP contribution is -2.05. The molecule has 0 atom stereocenters. The molecule has 1 aromatic heterocycles. The lowest BCUT2D eigenvalue weighted by molar-refractivity contribution is -0.137. The average Bonchev–Trinajstić information content (AvgIpc) is 2.45. The maximum Gasteiger partial charge on any atom is 0.343 e. The molecule has 0 fully saturated rings. The SMILES string of the molecule is CCCCOC(=O)/C=C/c1cc2ccc(C)cc2oc1=O. The fraction of sp³-hybridized carbons (Fsp3) is 0.294. The fourth-order valence-corrected chi connectivity index (χ4v) is 1.87. The van der Waals surface area contributed by atoms with Crippen LogP contribution >= 0.6 is 0 Å². The lowest BCUT2D eigenvalue weighted by Gasteiger charge is -2.00. The van der Waals surface area contributed by atoms with Crippen LogP contribution in [0, 0.1) is 6.92 Å². The molecule has 0 unspecified atom stereocenters. The minimum Gasteiger partial charge on any atom is -0.463 e. The van der Waals surface area contributed by atoms with Gasteiger partial charge < -0.3 is 9.15 Å². The monoisotopic (exact) mass is 286 g/mol. The number of carbonyl (C=O) groups is 1. The number of ether oxygens (including phenoxy) is 1. The zero-order valence-electron chi connectivity index (χ0n) is 12.2. The van der Waals surface area contributed by atoms with Crippen LogP contribution in [0.1, 0.15) is 30.9 Å². The molecule has 0 saturated carbocycles. The summed E-state index contributed by atoms with van der Waals surface area (Å²) >= 11 is 0. The summed E-state index contributed by atoms with van der Waals surface area (Å²) in [5, 5.41) is 0.819. The molecule has 4 nitrogen and oxygen atoms in total. The number of fused-ring (bicyclic) bond motifs is 1. The number of carbonyl (C=O) groups excluding carboxylic acids is 1. The zero-order valence-corrected chi connectivity index (χ0v) is 12.2. The second kappa shape index (κ2) is 6.88. The minimum absolute atomic E-state index is 0.332. The van der Waals surface area contributed by atoms with Crippen LogP contribution < -0.4 is 5.63 Å². The van der Waals surface area contributed by atoms with E-state index in [0.29, 0.717) is 17.8 Å². The molecule has 4 heteroatoms. The summed E-state index contributed by atoms with van der Waals surface area (Å²) < 4.78 is 10.2. The molecule has 0 aliphatic carbocycles. The Morgan fingerprint density at radius 2 is 2.14 bits per heavy atom. The van der Waals surface area contributed by atoms with E-state index in [9.17, 15) is 9.59 Å². The van der Waals surface area contributed by atoms with Crippen LogP contribution in [0.5, 0.6) is 0 Å². The van der Waals surface area contributed by atoms with Gasteiger partial charge in [0.05, 0.1) is 12.2 Å². The Balaban J connectivity index is 2.18. The van der Waals surface area contributed by atoms with Crippen molar-refractivity contribution in [1.29, 1.82) is 0 Å². The first kappa shape index (κ1) is 15.0. The van der Waals surface area contributed by atoms with Gasteiger partial charge >= 0.3 is 11.6 Å². The van der Waals surface area contributed by atoms with E-state index in [1.54, 1.807) is 6.07 Å². The van der Waals surface area contributed by atoms with E-state index in [1.807, 2.05) is 32.0 Å². The summed E-state index contributed by atoms with van der Waals surface area (Å²) in [6.07, 6.45) is 4.48. The molecule has 21 heavy (non-hydrogen) atoms. The highest BCUT2D eigenvalue weighted by Crippen LogP contribution is 2.15. The number of hydrogen-bond acceptors (Lipinski definition) is 4. The van der Waals surface area contributed by atoms with Crippen LogP contribution in [0.2, 0.25) is 0 Å². The van der Waals surface area contributed by atoms with E-state index in [0.717, 1.165) is 23.8 Å². The molecule has 110 valence electrons. The molecule has 0 spiro atoms. The summed E-state index contributed by atoms with van der Waals surface area (Å²) in [4.78, 5) is 23.3. The third-order valence-corrected chi connectivity index (χ3v) is 3.06. The second-order valence-electron chi connectivity index (χ2n) is 4.88. The Hall–Kier alpha value is -2.36. The Labute approximate surface area is 123 Å². The van der Waals surface area contributed by atoms with E-state index >= 15 is 0 Å². The summed E-state index contributed by atoms with van der Waals surface area (Å²) in [6, 6.07) is 7.33. The fourth-order valence-electron chi connectivity index (χ4n) is 1.87. The smallest absolute Gasteiger partial charge is 0.343 e. The Morgan fingerprint density at radius 3 is 2.90 bits per heavy atom. The van der Waals surface area contributed by atoms with Crippen molar-refractivity contribution in [3.05, 3.63) is 51.9 Å². The summed E-state index contributed by atoms with van der Waals surface area (Å²) in [6.45, 7) is 4.34. The van der Waals surface area contributed by atoms with Crippen LogP contribution in [0.4, 0.5) is 0 Å². The van der Waals surface area contributed by atoms with Gasteiger partial charge in [-0.1, -0.05) is 25.5 Å². The maximum atomic E-state index is 11.8. The Kier molecular flexibility index (Phi) is 4.93. The third-order valence-electron chi connectivity index (χ3n) is 3.06. The largest absolute Gasteiger partial charge is 0.463 e. The molecule has 1 aromatic carbocycles. The summed E-state index contributed by atoms with van der Waals surface area (Å²) in [5.74, 6) is -0.452. The number of aryl methyl sites for hydroxylation is 1. The van der Waals surface area contributed by atoms with Crippen LogP contribution in [0.25, 0.3) is 17.0 Å². The van der Waals surface area contributed by atoms with Crippen molar-refractivity contribution >= 4 is 23.0 Å². The molecule has 1 heterocycles. The number of hydrogen-bond donors (Lipinski definition) is 0. The van der Waals surface area contributed by atoms with E-state index in [-0.39, 0.29) is 0 Å². The molecule has 0 bridgehead atoms. The first-order valence-corrected chi connectivity index (χ1v) is 6.99. The Morgan fingerprint density at radius 1 is 1.33 bits per heavy atom. The highest BCUT2D eigenvalue weighted by molar-refractivity contribution is 5.88. The molecule has 0 amide bonds. The van der Waals surface area contributed by atoms with Gasteiger partial charge in [-0.25, -0.2) is 9.59 Å². The van der Waals surface area contributed by atoms with Crippen molar-refractivity contribution in [3.8, 4) is 0 Å². The van der Waals surface area contributed by atoms with Crippen molar-refractivity contribution in [2.24, 2.45) is 0 Å². The zero-order chi connectivity index (χ0) is 15.2. The molecule has 2 rings (SSSR count). The van der Waals surface area contributed by atoms with Crippen LogP contribution in [0.3, 0.4) is 0 Å². The molecule has 0 aliphatic rings. The van der Waals surface area contributed by atoms with Crippen molar-refractivity contribution in [1.82, 2.24) is 0 Å². The minimum atomic E-state index is -0.467. The van der Waals surface area contributed by atoms with Crippen LogP contribution in [-0.4, -0.2) is 12.6 Å². The topological polar surface area (TPSA) is 56.5 Å². The number of rotatable bonds is 5. The Bertz CT molecular complexity index is 725. The summed E-state index contributed by atoms with van der Waals surface area (Å²) in [5.41, 5.74) is 1.43. The van der Waals surface area contributed by atoms with Crippen LogP contribution in [0.15, 0.2) is 39.6 Å². The molecule has 0 aliphatic heterocycles. The van der Waals surface area contributed by atoms with Gasteiger partial charge in [0.15, 0.2) is 0 Å². The van der Waals surface area contributed by atoms with Gasteiger partial charge in [-0.15, -0.1) is 0 Å². The first-order chi connectivity index (χ1) is 10.1. The highest BCUT2D eigenvalue weighted by Gasteiger charge is 2.04. The molecule has 0 N–H and O–H groups in total. The van der Waals surface area contributed by atoms with E-state index in [2.05, 4.69) is 0 Å². The van der Waals surface area contributed by atoms with Gasteiger partial charge in [-0.2, -0.15) is 0 Å². The van der Waals surface area contributed by atoms with Crippen molar-refractivity contribution in [2.45, 2.75) is 26.7 Å². The van der Waals surface area contributed by atoms with Gasteiger partial charge in [0.1, 0.15) is 5.58 Å². The molecule has 2 aromatic rings. The first-order valence-electron chi connectivity index (χ1n) is 6.99. The van der Waals surface area contributed by atoms with Gasteiger partial charge in [0, 0.05) is 11.5 Å².